The van der Waals surface area contributed by atoms with E-state index < -0.39 is 10.8 Å². The van der Waals surface area contributed by atoms with Crippen LogP contribution in [-0.2, 0) is 0 Å². The molecule has 0 aliphatic heterocycles. The average Bonchev–Trinajstić information content (AvgIpc) is 2.65. The third kappa shape index (κ3) is 4.95. The van der Waals surface area contributed by atoms with E-state index in [2.05, 4.69) is 10.6 Å². The number of non-ortho nitro benzene ring substituents is 1. The lowest BCUT2D eigenvalue weighted by molar-refractivity contribution is -0.384. The van der Waals surface area contributed by atoms with Crippen molar-refractivity contribution in [1.29, 1.82) is 0 Å². The Balaban J connectivity index is 2.23. The standard InChI is InChI=1S/C18H18ClN3O5/c1-3-8-20-17(23)13-6-4-11(9-15(13)19)21-18(24)14-10-12(22(25)26)5-7-16(14)27-2/h4-7,9-10H,3,8H2,1-2H3,(H,20,23)(H,21,24). The molecular weight excluding hydrogens is 374 g/mol. The Morgan fingerprint density at radius 2 is 1.89 bits per heavy atom. The van der Waals surface area contributed by atoms with Gasteiger partial charge in [0.25, 0.3) is 17.5 Å². The fourth-order valence-electron chi connectivity index (χ4n) is 2.30. The summed E-state index contributed by atoms with van der Waals surface area (Å²) in [5.74, 6) is -0.713. The topological polar surface area (TPSA) is 111 Å². The number of ether oxygens (including phenoxy) is 1. The largest absolute Gasteiger partial charge is 0.496 e. The Kier molecular flexibility index (Phi) is 6.73. The number of nitrogens with zero attached hydrogens (tertiary/aromatic N) is 1. The van der Waals surface area contributed by atoms with Crippen LogP contribution in [0.15, 0.2) is 36.4 Å². The molecule has 0 aliphatic rings. The van der Waals surface area contributed by atoms with E-state index in [-0.39, 0.29) is 33.5 Å². The summed E-state index contributed by atoms with van der Waals surface area (Å²) < 4.78 is 5.09. The third-order valence-electron chi connectivity index (χ3n) is 3.65. The summed E-state index contributed by atoms with van der Waals surface area (Å²) >= 11 is 6.13. The van der Waals surface area contributed by atoms with E-state index >= 15 is 0 Å². The number of carbonyl (C=O) groups excluding carboxylic acids is 2. The van der Waals surface area contributed by atoms with Gasteiger partial charge in [-0.1, -0.05) is 18.5 Å². The molecule has 0 radical (unpaired) electrons. The Bertz CT molecular complexity index is 885. The number of methoxy groups -OCH3 is 1. The maximum Gasteiger partial charge on any atom is 0.270 e. The summed E-state index contributed by atoms with van der Waals surface area (Å²) in [7, 11) is 1.36. The van der Waals surface area contributed by atoms with Crippen LogP contribution in [0.3, 0.4) is 0 Å². The molecule has 0 aliphatic carbocycles. The first kappa shape index (κ1) is 20.2. The summed E-state index contributed by atoms with van der Waals surface area (Å²) in [6.07, 6.45) is 0.794. The lowest BCUT2D eigenvalue weighted by Gasteiger charge is -2.11. The second-order valence-corrected chi connectivity index (χ2v) is 5.95. The quantitative estimate of drug-likeness (QED) is 0.552. The minimum atomic E-state index is -0.602. The Labute approximate surface area is 160 Å². The van der Waals surface area contributed by atoms with Crippen LogP contribution < -0.4 is 15.4 Å². The predicted molar refractivity (Wildman–Crippen MR) is 102 cm³/mol. The van der Waals surface area contributed by atoms with Crippen LogP contribution in [0, 0.1) is 10.1 Å². The number of nitrogens with one attached hydrogen (secondary N) is 2. The van der Waals surface area contributed by atoms with Crippen molar-refractivity contribution >= 4 is 34.8 Å². The van der Waals surface area contributed by atoms with Crippen LogP contribution in [0.2, 0.25) is 5.02 Å². The minimum absolute atomic E-state index is 0.00703. The molecule has 0 spiro atoms. The first-order valence-corrected chi connectivity index (χ1v) is 8.46. The van der Waals surface area contributed by atoms with Crippen LogP contribution in [0.25, 0.3) is 0 Å². The van der Waals surface area contributed by atoms with Crippen LogP contribution in [0.4, 0.5) is 11.4 Å². The highest BCUT2D eigenvalue weighted by Gasteiger charge is 2.18. The number of hydrogen-bond donors (Lipinski definition) is 2. The van der Waals surface area contributed by atoms with Gasteiger partial charge in [-0.15, -0.1) is 0 Å². The maximum absolute atomic E-state index is 12.5. The van der Waals surface area contributed by atoms with E-state index in [4.69, 9.17) is 16.3 Å². The van der Waals surface area contributed by atoms with E-state index in [1.807, 2.05) is 6.92 Å². The number of hydrogen-bond acceptors (Lipinski definition) is 5. The molecule has 2 aromatic rings. The zero-order valence-corrected chi connectivity index (χ0v) is 15.5. The highest BCUT2D eigenvalue weighted by Crippen LogP contribution is 2.26. The van der Waals surface area contributed by atoms with Crippen molar-refractivity contribution in [3.63, 3.8) is 0 Å². The molecule has 8 nitrogen and oxygen atoms in total. The highest BCUT2D eigenvalue weighted by molar-refractivity contribution is 6.34. The van der Waals surface area contributed by atoms with Gasteiger partial charge in [-0.3, -0.25) is 19.7 Å². The molecular formula is C18H18ClN3O5. The number of nitro groups is 1. The SMILES string of the molecule is CCCNC(=O)c1ccc(NC(=O)c2cc([N+](=O)[O-])ccc2OC)cc1Cl. The molecule has 0 fully saturated rings. The van der Waals surface area contributed by atoms with Crippen LogP contribution >= 0.6 is 11.6 Å². The molecule has 0 heterocycles. The fourth-order valence-corrected chi connectivity index (χ4v) is 2.56. The van der Waals surface area contributed by atoms with Gasteiger partial charge in [0.1, 0.15) is 5.75 Å². The predicted octanol–water partition coefficient (Wildman–Crippen LogP) is 3.65. The van der Waals surface area contributed by atoms with Gasteiger partial charge in [-0.2, -0.15) is 0 Å². The first-order chi connectivity index (χ1) is 12.9. The van der Waals surface area contributed by atoms with Crippen LogP contribution in [-0.4, -0.2) is 30.4 Å². The van der Waals surface area contributed by atoms with Gasteiger partial charge in [0.15, 0.2) is 0 Å². The van der Waals surface area contributed by atoms with E-state index in [1.54, 1.807) is 0 Å². The smallest absolute Gasteiger partial charge is 0.270 e. The summed E-state index contributed by atoms with van der Waals surface area (Å²) in [4.78, 5) is 34.8. The van der Waals surface area contributed by atoms with Crippen molar-refractivity contribution in [3.8, 4) is 5.75 Å². The van der Waals surface area contributed by atoms with Crippen molar-refractivity contribution in [3.05, 3.63) is 62.7 Å². The zero-order chi connectivity index (χ0) is 20.0. The Hall–Kier alpha value is -3.13. The van der Waals surface area contributed by atoms with Crippen molar-refractivity contribution in [2.75, 3.05) is 19.0 Å². The molecule has 0 aromatic heterocycles. The van der Waals surface area contributed by atoms with Crippen molar-refractivity contribution in [2.24, 2.45) is 0 Å². The molecule has 0 bridgehead atoms. The number of rotatable bonds is 7. The van der Waals surface area contributed by atoms with E-state index in [1.165, 1.54) is 37.4 Å². The van der Waals surface area contributed by atoms with Gasteiger partial charge in [-0.05, 0) is 30.7 Å². The van der Waals surface area contributed by atoms with Crippen molar-refractivity contribution in [2.45, 2.75) is 13.3 Å². The maximum atomic E-state index is 12.5. The summed E-state index contributed by atoms with van der Waals surface area (Å²) in [5, 5.41) is 16.4. The van der Waals surface area contributed by atoms with E-state index in [0.29, 0.717) is 12.2 Å². The fraction of sp³-hybridized carbons (Fsp3) is 0.222. The van der Waals surface area contributed by atoms with Crippen molar-refractivity contribution < 1.29 is 19.2 Å². The molecule has 9 heteroatoms. The number of halogens is 1. The monoisotopic (exact) mass is 391 g/mol. The van der Waals surface area contributed by atoms with Gasteiger partial charge < -0.3 is 15.4 Å². The summed E-state index contributed by atoms with van der Waals surface area (Å²) in [6.45, 7) is 2.46. The highest BCUT2D eigenvalue weighted by atomic mass is 35.5. The number of carbonyl (C=O) groups is 2. The summed E-state index contributed by atoms with van der Waals surface area (Å²) in [6, 6.07) is 8.17. The van der Waals surface area contributed by atoms with Gasteiger partial charge in [0.05, 0.1) is 28.2 Å². The minimum Gasteiger partial charge on any atom is -0.496 e. The molecule has 0 atom stereocenters. The second-order valence-electron chi connectivity index (χ2n) is 5.55. The number of benzene rings is 2. The number of nitro benzene ring substituents is 1. The lowest BCUT2D eigenvalue weighted by Crippen LogP contribution is -2.24. The summed E-state index contributed by atoms with van der Waals surface area (Å²) in [5.41, 5.74) is 0.399. The van der Waals surface area contributed by atoms with Gasteiger partial charge in [0, 0.05) is 24.4 Å². The second kappa shape index (κ2) is 9.00. The van der Waals surface area contributed by atoms with Gasteiger partial charge in [-0.25, -0.2) is 0 Å². The molecule has 2 amide bonds. The molecule has 27 heavy (non-hydrogen) atoms. The molecule has 2 N–H and O–H groups in total. The Morgan fingerprint density at radius 1 is 1.15 bits per heavy atom. The zero-order valence-electron chi connectivity index (χ0n) is 14.7. The average molecular weight is 392 g/mol. The van der Waals surface area contributed by atoms with Gasteiger partial charge >= 0.3 is 0 Å². The first-order valence-electron chi connectivity index (χ1n) is 8.09. The van der Waals surface area contributed by atoms with Crippen LogP contribution in [0.5, 0.6) is 5.75 Å². The third-order valence-corrected chi connectivity index (χ3v) is 3.96. The Morgan fingerprint density at radius 3 is 2.48 bits per heavy atom. The van der Waals surface area contributed by atoms with Crippen LogP contribution in [0.1, 0.15) is 34.1 Å². The van der Waals surface area contributed by atoms with E-state index in [9.17, 15) is 19.7 Å². The normalized spacial score (nSPS) is 10.2. The molecule has 0 unspecified atom stereocenters. The number of anilines is 1. The molecule has 0 saturated carbocycles. The molecule has 2 aromatic carbocycles. The van der Waals surface area contributed by atoms with E-state index in [0.717, 1.165) is 12.5 Å². The van der Waals surface area contributed by atoms with Gasteiger partial charge in [0.2, 0.25) is 0 Å². The molecule has 142 valence electrons. The lowest BCUT2D eigenvalue weighted by atomic mass is 10.1. The molecule has 2 rings (SSSR count). The van der Waals surface area contributed by atoms with Crippen molar-refractivity contribution in [1.82, 2.24) is 5.32 Å². The number of amides is 2. The molecule has 0 saturated heterocycles.